The van der Waals surface area contributed by atoms with Gasteiger partial charge >= 0.3 is 12.1 Å². The molecule has 0 radical (unpaired) electrons. The molecule has 2 aromatic carbocycles. The Morgan fingerprint density at radius 3 is 2.15 bits per heavy atom. The second-order valence-electron chi connectivity index (χ2n) is 5.46. The monoisotopic (exact) mass is 358 g/mol. The molecule has 1 amide bonds. The van der Waals surface area contributed by atoms with Gasteiger partial charge in [-0.3, -0.25) is 19.8 Å². The van der Waals surface area contributed by atoms with E-state index >= 15 is 0 Å². The van der Waals surface area contributed by atoms with Gasteiger partial charge in [-0.2, -0.15) is 0 Å². The summed E-state index contributed by atoms with van der Waals surface area (Å²) in [7, 11) is 2.89. The van der Waals surface area contributed by atoms with Crippen molar-refractivity contribution < 1.29 is 24.0 Å². The summed E-state index contributed by atoms with van der Waals surface area (Å²) < 4.78 is 9.80. The van der Waals surface area contributed by atoms with Crippen molar-refractivity contribution in [2.24, 2.45) is 0 Å². The highest BCUT2D eigenvalue weighted by Gasteiger charge is 2.13. The molecule has 0 aliphatic heterocycles. The minimum atomic E-state index is -0.566. The highest BCUT2D eigenvalue weighted by atomic mass is 16.6. The maximum Gasteiger partial charge on any atom is 0.414 e. The minimum Gasteiger partial charge on any atom is -0.469 e. The fourth-order valence-corrected chi connectivity index (χ4v) is 2.14. The summed E-state index contributed by atoms with van der Waals surface area (Å²) in [6, 6.07) is 12.6. The number of carbonyl (C=O) groups is 2. The van der Waals surface area contributed by atoms with Gasteiger partial charge in [0.1, 0.15) is 6.61 Å². The van der Waals surface area contributed by atoms with Crippen LogP contribution in [0.5, 0.6) is 0 Å². The molecule has 26 heavy (non-hydrogen) atoms. The largest absolute Gasteiger partial charge is 0.469 e. The Labute approximate surface area is 150 Å². The molecule has 8 heteroatoms. The smallest absolute Gasteiger partial charge is 0.414 e. The number of nitro groups is 1. The number of anilines is 1. The molecule has 0 aliphatic carbocycles. The van der Waals surface area contributed by atoms with Crippen molar-refractivity contribution in [3.05, 3.63) is 69.8 Å². The number of benzene rings is 2. The molecular formula is C18H18N2O6. The van der Waals surface area contributed by atoms with E-state index in [1.165, 1.54) is 36.3 Å². The van der Waals surface area contributed by atoms with Crippen LogP contribution in [0.1, 0.15) is 11.1 Å². The second-order valence-corrected chi connectivity index (χ2v) is 5.46. The van der Waals surface area contributed by atoms with Crippen molar-refractivity contribution in [3.8, 4) is 0 Å². The quantitative estimate of drug-likeness (QED) is 0.447. The number of non-ortho nitro benzene ring substituents is 1. The van der Waals surface area contributed by atoms with Crippen molar-refractivity contribution in [3.63, 3.8) is 0 Å². The van der Waals surface area contributed by atoms with Crippen LogP contribution in [-0.4, -0.2) is 31.1 Å². The molecule has 0 atom stereocenters. The fourth-order valence-electron chi connectivity index (χ4n) is 2.14. The van der Waals surface area contributed by atoms with Gasteiger partial charge in [-0.25, -0.2) is 4.79 Å². The Kier molecular flexibility index (Phi) is 6.26. The Morgan fingerprint density at radius 1 is 1.04 bits per heavy atom. The maximum atomic E-state index is 12.1. The third kappa shape index (κ3) is 5.04. The minimum absolute atomic E-state index is 0.00158. The Bertz CT molecular complexity index is 786. The van der Waals surface area contributed by atoms with Crippen molar-refractivity contribution in [2.75, 3.05) is 19.1 Å². The van der Waals surface area contributed by atoms with E-state index in [0.717, 1.165) is 5.56 Å². The van der Waals surface area contributed by atoms with Gasteiger partial charge in [-0.15, -0.1) is 0 Å². The summed E-state index contributed by atoms with van der Waals surface area (Å²) in [5, 5.41) is 10.6. The molecule has 2 rings (SSSR count). The van der Waals surface area contributed by atoms with Gasteiger partial charge < -0.3 is 9.47 Å². The first-order valence-electron chi connectivity index (χ1n) is 7.70. The third-order valence-corrected chi connectivity index (χ3v) is 3.68. The van der Waals surface area contributed by atoms with E-state index < -0.39 is 11.0 Å². The predicted octanol–water partition coefficient (Wildman–Crippen LogP) is 3.08. The first-order chi connectivity index (χ1) is 12.4. The number of methoxy groups -OCH3 is 1. The summed E-state index contributed by atoms with van der Waals surface area (Å²) >= 11 is 0. The Morgan fingerprint density at radius 2 is 1.62 bits per heavy atom. The van der Waals surface area contributed by atoms with E-state index in [9.17, 15) is 19.7 Å². The summed E-state index contributed by atoms with van der Waals surface area (Å²) in [6.45, 7) is 0.00158. The van der Waals surface area contributed by atoms with Gasteiger partial charge in [0.25, 0.3) is 5.69 Å². The van der Waals surface area contributed by atoms with Crippen molar-refractivity contribution in [1.29, 1.82) is 0 Å². The number of nitro benzene ring substituents is 1. The molecule has 0 fully saturated rings. The van der Waals surface area contributed by atoms with Gasteiger partial charge in [0.2, 0.25) is 0 Å². The lowest BCUT2D eigenvalue weighted by atomic mass is 10.1. The molecule has 0 saturated carbocycles. The lowest BCUT2D eigenvalue weighted by Crippen LogP contribution is -2.26. The lowest BCUT2D eigenvalue weighted by molar-refractivity contribution is -0.384. The number of esters is 1. The molecule has 8 nitrogen and oxygen atoms in total. The normalized spacial score (nSPS) is 10.1. The van der Waals surface area contributed by atoms with Crippen LogP contribution < -0.4 is 4.90 Å². The summed E-state index contributed by atoms with van der Waals surface area (Å²) in [5.41, 5.74) is 2.00. The van der Waals surface area contributed by atoms with Gasteiger partial charge in [0.05, 0.1) is 18.5 Å². The van der Waals surface area contributed by atoms with Crippen LogP contribution in [0.15, 0.2) is 48.5 Å². The molecule has 0 spiro atoms. The highest BCUT2D eigenvalue weighted by Crippen LogP contribution is 2.17. The topological polar surface area (TPSA) is 99.0 Å². The van der Waals surface area contributed by atoms with Crippen LogP contribution >= 0.6 is 0 Å². The summed E-state index contributed by atoms with van der Waals surface area (Å²) in [6.07, 6.45) is -0.408. The SMILES string of the molecule is COC(=O)Cc1ccc(N(C)C(=O)OCc2ccc([N+](=O)[O-])cc2)cc1. The second kappa shape index (κ2) is 8.61. The van der Waals surface area contributed by atoms with E-state index in [4.69, 9.17) is 4.74 Å². The van der Waals surface area contributed by atoms with E-state index in [0.29, 0.717) is 11.3 Å². The van der Waals surface area contributed by atoms with Gasteiger partial charge in [0.15, 0.2) is 0 Å². The Hall–Kier alpha value is -3.42. The molecule has 0 bridgehead atoms. The van der Waals surface area contributed by atoms with Crippen molar-refractivity contribution in [2.45, 2.75) is 13.0 Å². The number of hydrogen-bond donors (Lipinski definition) is 0. The summed E-state index contributed by atoms with van der Waals surface area (Å²) in [4.78, 5) is 34.8. The maximum absolute atomic E-state index is 12.1. The third-order valence-electron chi connectivity index (χ3n) is 3.68. The van der Waals surface area contributed by atoms with Crippen LogP contribution in [-0.2, 0) is 27.3 Å². The molecular weight excluding hydrogens is 340 g/mol. The van der Waals surface area contributed by atoms with E-state index in [2.05, 4.69) is 4.74 Å². The molecule has 2 aromatic rings. The zero-order valence-electron chi connectivity index (χ0n) is 14.4. The zero-order chi connectivity index (χ0) is 19.1. The molecule has 0 saturated heterocycles. The van der Waals surface area contributed by atoms with Crippen LogP contribution in [0.2, 0.25) is 0 Å². The van der Waals surface area contributed by atoms with Crippen LogP contribution in [0, 0.1) is 10.1 Å². The van der Waals surface area contributed by atoms with Crippen molar-refractivity contribution in [1.82, 2.24) is 0 Å². The van der Waals surface area contributed by atoms with E-state index in [1.807, 2.05) is 0 Å². The number of nitrogens with zero attached hydrogens (tertiary/aromatic N) is 2. The number of amides is 1. The number of hydrogen-bond acceptors (Lipinski definition) is 6. The summed E-state index contributed by atoms with van der Waals surface area (Å²) in [5.74, 6) is -0.339. The molecule has 136 valence electrons. The molecule has 0 aliphatic rings. The van der Waals surface area contributed by atoms with E-state index in [1.54, 1.807) is 31.3 Å². The van der Waals surface area contributed by atoms with Crippen LogP contribution in [0.3, 0.4) is 0 Å². The first-order valence-corrected chi connectivity index (χ1v) is 7.70. The molecule has 0 aromatic heterocycles. The Balaban J connectivity index is 1.92. The van der Waals surface area contributed by atoms with E-state index in [-0.39, 0.29) is 24.7 Å². The predicted molar refractivity (Wildman–Crippen MR) is 93.8 cm³/mol. The molecule has 0 N–H and O–H groups in total. The van der Waals surface area contributed by atoms with Gasteiger partial charge in [0, 0.05) is 24.9 Å². The van der Waals surface area contributed by atoms with Gasteiger partial charge in [-0.1, -0.05) is 12.1 Å². The average molecular weight is 358 g/mol. The highest BCUT2D eigenvalue weighted by molar-refractivity contribution is 5.87. The van der Waals surface area contributed by atoms with Gasteiger partial charge in [-0.05, 0) is 35.4 Å². The van der Waals surface area contributed by atoms with Crippen LogP contribution in [0.4, 0.5) is 16.2 Å². The first kappa shape index (κ1) is 18.9. The average Bonchev–Trinajstić information content (AvgIpc) is 2.66. The standard InChI is InChI=1S/C18H18N2O6/c1-19(15-7-3-13(4-8-15)11-17(21)25-2)18(22)26-12-14-5-9-16(10-6-14)20(23)24/h3-10H,11-12H2,1-2H3. The lowest BCUT2D eigenvalue weighted by Gasteiger charge is -2.17. The van der Waals surface area contributed by atoms with Crippen LogP contribution in [0.25, 0.3) is 0 Å². The molecule has 0 unspecified atom stereocenters. The number of ether oxygens (including phenoxy) is 2. The number of carbonyl (C=O) groups excluding carboxylic acids is 2. The molecule has 0 heterocycles. The van der Waals surface area contributed by atoms with Crippen molar-refractivity contribution >= 4 is 23.4 Å². The number of rotatable bonds is 6. The fraction of sp³-hybridized carbons (Fsp3) is 0.222. The zero-order valence-corrected chi connectivity index (χ0v) is 14.4.